The van der Waals surface area contributed by atoms with Gasteiger partial charge in [-0.05, 0) is 29.8 Å². The monoisotopic (exact) mass is 206 g/mol. The van der Waals surface area contributed by atoms with Gasteiger partial charge < -0.3 is 0 Å². The van der Waals surface area contributed by atoms with Crippen LogP contribution in [0.25, 0.3) is 0 Å². The smallest absolute Gasteiger partial charge is 0.253 e. The summed E-state index contributed by atoms with van der Waals surface area (Å²) < 4.78 is 0. The molecule has 0 saturated heterocycles. The molecule has 0 N–H and O–H groups in total. The average molecular weight is 207 g/mol. The van der Waals surface area contributed by atoms with Crippen LogP contribution in [0.3, 0.4) is 0 Å². The molecule has 4 heteroatoms. The Morgan fingerprint density at radius 3 is 2.55 bits per heavy atom. The zero-order valence-electron chi connectivity index (χ0n) is 5.34. The number of thiol groups is 1. The highest BCUT2D eigenvalue weighted by molar-refractivity contribution is 7.80. The van der Waals surface area contributed by atoms with Gasteiger partial charge in [-0.3, -0.25) is 4.79 Å². The number of hydrogen-bond donors (Lipinski definition) is 1. The van der Waals surface area contributed by atoms with Crippen LogP contribution in [0.2, 0.25) is 5.02 Å². The number of hydrogen-bond acceptors (Lipinski definition) is 2. The van der Waals surface area contributed by atoms with Crippen LogP contribution in [0.1, 0.15) is 10.4 Å². The van der Waals surface area contributed by atoms with Gasteiger partial charge in [0.1, 0.15) is 0 Å². The third-order valence-electron chi connectivity index (χ3n) is 1.17. The van der Waals surface area contributed by atoms with E-state index in [-0.39, 0.29) is 0 Å². The Hall–Kier alpha value is -0.180. The molecule has 0 heterocycles. The number of rotatable bonds is 1. The van der Waals surface area contributed by atoms with Crippen LogP contribution in [0.5, 0.6) is 0 Å². The van der Waals surface area contributed by atoms with Gasteiger partial charge in [0.15, 0.2) is 0 Å². The van der Waals surface area contributed by atoms with Crippen LogP contribution in [0.4, 0.5) is 0 Å². The molecule has 0 aliphatic heterocycles. The van der Waals surface area contributed by atoms with E-state index < -0.39 is 5.24 Å². The lowest BCUT2D eigenvalue weighted by Gasteiger charge is -1.98. The molecule has 0 fully saturated rings. The summed E-state index contributed by atoms with van der Waals surface area (Å²) >= 11 is 14.9. The minimum absolute atomic E-state index is 0.336. The zero-order valence-corrected chi connectivity index (χ0v) is 7.75. The van der Waals surface area contributed by atoms with Crippen LogP contribution in [0, 0.1) is 0 Å². The van der Waals surface area contributed by atoms with E-state index in [0.717, 1.165) is 0 Å². The largest absolute Gasteiger partial charge is 0.276 e. The van der Waals surface area contributed by atoms with Gasteiger partial charge in [0.25, 0.3) is 5.24 Å². The predicted octanol–water partition coefficient (Wildman–Crippen LogP) is 3.01. The molecule has 0 spiro atoms. The molecule has 0 atom stereocenters. The van der Waals surface area contributed by atoms with E-state index in [4.69, 9.17) is 23.2 Å². The number of benzene rings is 1. The lowest BCUT2D eigenvalue weighted by atomic mass is 10.2. The minimum atomic E-state index is -0.544. The van der Waals surface area contributed by atoms with Gasteiger partial charge in [-0.25, -0.2) is 0 Å². The van der Waals surface area contributed by atoms with Crippen molar-refractivity contribution in [1.82, 2.24) is 0 Å². The third-order valence-corrected chi connectivity index (χ3v) is 2.00. The van der Waals surface area contributed by atoms with Crippen molar-refractivity contribution in [3.8, 4) is 0 Å². The molecule has 0 unspecified atom stereocenters. The van der Waals surface area contributed by atoms with Crippen molar-refractivity contribution in [3.05, 3.63) is 28.8 Å². The molecule has 0 aliphatic carbocycles. The summed E-state index contributed by atoms with van der Waals surface area (Å²) in [4.78, 5) is 11.2. The molecule has 1 rings (SSSR count). The first kappa shape index (κ1) is 8.91. The molecular formula is C7H4Cl2OS. The van der Waals surface area contributed by atoms with Crippen LogP contribution in [-0.4, -0.2) is 5.24 Å². The molecule has 1 nitrogen and oxygen atoms in total. The fraction of sp³-hybridized carbons (Fsp3) is 0. The molecule has 0 radical (unpaired) electrons. The van der Waals surface area contributed by atoms with Gasteiger partial charge in [0.2, 0.25) is 0 Å². The molecule has 0 bridgehead atoms. The van der Waals surface area contributed by atoms with E-state index in [0.29, 0.717) is 15.5 Å². The van der Waals surface area contributed by atoms with Crippen molar-refractivity contribution in [3.63, 3.8) is 0 Å². The molecule has 0 saturated carbocycles. The summed E-state index contributed by atoms with van der Waals surface area (Å²) in [7, 11) is 0. The van der Waals surface area contributed by atoms with Gasteiger partial charge in [0, 0.05) is 15.5 Å². The summed E-state index contributed by atoms with van der Waals surface area (Å²) in [5.74, 6) is 0. The summed E-state index contributed by atoms with van der Waals surface area (Å²) in [6.45, 7) is 0. The van der Waals surface area contributed by atoms with Crippen LogP contribution in [-0.2, 0) is 0 Å². The van der Waals surface area contributed by atoms with E-state index in [1.54, 1.807) is 12.1 Å². The molecule has 1 aromatic carbocycles. The summed E-state index contributed by atoms with van der Waals surface area (Å²) in [5, 5.41) is -0.0655. The second-order valence-electron chi connectivity index (χ2n) is 1.94. The van der Waals surface area contributed by atoms with E-state index in [2.05, 4.69) is 12.6 Å². The maximum absolute atomic E-state index is 10.7. The zero-order chi connectivity index (χ0) is 8.43. The third kappa shape index (κ3) is 2.12. The summed E-state index contributed by atoms with van der Waals surface area (Å²) in [5.41, 5.74) is 0.336. The first-order valence-corrected chi connectivity index (χ1v) is 4.00. The maximum Gasteiger partial charge on any atom is 0.253 e. The Morgan fingerprint density at radius 2 is 2.09 bits per heavy atom. The SMILES string of the molecule is O=C(Cl)c1cc(Cl)ccc1S. The lowest BCUT2D eigenvalue weighted by molar-refractivity contribution is 0.107. The fourth-order valence-corrected chi connectivity index (χ4v) is 1.30. The molecule has 0 aromatic heterocycles. The molecule has 0 aliphatic rings. The van der Waals surface area contributed by atoms with E-state index in [1.165, 1.54) is 6.07 Å². The molecule has 11 heavy (non-hydrogen) atoms. The predicted molar refractivity (Wildman–Crippen MR) is 48.9 cm³/mol. The minimum Gasteiger partial charge on any atom is -0.276 e. The topological polar surface area (TPSA) is 17.1 Å². The second-order valence-corrected chi connectivity index (χ2v) is 3.20. The van der Waals surface area contributed by atoms with Crippen molar-refractivity contribution < 1.29 is 4.79 Å². The average Bonchev–Trinajstić information content (AvgIpc) is 1.94. The van der Waals surface area contributed by atoms with Crippen molar-refractivity contribution >= 4 is 41.1 Å². The Labute approximate surface area is 79.7 Å². The Morgan fingerprint density at radius 1 is 1.45 bits per heavy atom. The normalized spacial score (nSPS) is 9.73. The number of carbonyl (C=O) groups excluding carboxylic acids is 1. The van der Waals surface area contributed by atoms with Crippen molar-refractivity contribution in [2.45, 2.75) is 4.90 Å². The second kappa shape index (κ2) is 3.48. The number of halogens is 2. The van der Waals surface area contributed by atoms with Crippen LogP contribution >= 0.6 is 35.8 Å². The standard InChI is InChI=1S/C7H4Cl2OS/c8-4-1-2-6(11)5(3-4)7(9)10/h1-3,11H. The Balaban J connectivity index is 3.23. The van der Waals surface area contributed by atoms with Crippen molar-refractivity contribution in [2.24, 2.45) is 0 Å². The number of carbonyl (C=O) groups is 1. The molecule has 58 valence electrons. The summed E-state index contributed by atoms with van der Waals surface area (Å²) in [6, 6.07) is 4.76. The van der Waals surface area contributed by atoms with Gasteiger partial charge in [-0.1, -0.05) is 11.6 Å². The lowest BCUT2D eigenvalue weighted by Crippen LogP contribution is -1.89. The van der Waals surface area contributed by atoms with E-state index >= 15 is 0 Å². The maximum atomic E-state index is 10.7. The molecule has 0 amide bonds. The Kier molecular flexibility index (Phi) is 2.82. The van der Waals surface area contributed by atoms with Gasteiger partial charge in [-0.15, -0.1) is 12.6 Å². The molecular weight excluding hydrogens is 203 g/mol. The summed E-state index contributed by atoms with van der Waals surface area (Å²) in [6.07, 6.45) is 0. The fourth-order valence-electron chi connectivity index (χ4n) is 0.666. The van der Waals surface area contributed by atoms with E-state index in [9.17, 15) is 4.79 Å². The first-order valence-electron chi connectivity index (χ1n) is 2.79. The highest BCUT2D eigenvalue weighted by Gasteiger charge is 2.05. The van der Waals surface area contributed by atoms with Crippen LogP contribution < -0.4 is 0 Å². The highest BCUT2D eigenvalue weighted by atomic mass is 35.5. The molecule has 1 aromatic rings. The highest BCUT2D eigenvalue weighted by Crippen LogP contribution is 2.20. The van der Waals surface area contributed by atoms with Gasteiger partial charge in [-0.2, -0.15) is 0 Å². The van der Waals surface area contributed by atoms with Gasteiger partial charge in [0.05, 0.1) is 0 Å². The quantitative estimate of drug-likeness (QED) is 0.553. The van der Waals surface area contributed by atoms with Crippen LogP contribution in [0.15, 0.2) is 23.1 Å². The van der Waals surface area contributed by atoms with Crippen molar-refractivity contribution in [1.29, 1.82) is 0 Å². The van der Waals surface area contributed by atoms with Gasteiger partial charge >= 0.3 is 0 Å². The Bertz CT molecular complexity index is 298. The van der Waals surface area contributed by atoms with Crippen molar-refractivity contribution in [2.75, 3.05) is 0 Å². The van der Waals surface area contributed by atoms with E-state index in [1.807, 2.05) is 0 Å². The first-order chi connectivity index (χ1) is 5.11.